The van der Waals surface area contributed by atoms with Crippen molar-refractivity contribution in [3.8, 4) is 5.88 Å². The number of hydrogen-bond donors (Lipinski definition) is 0. The molecule has 0 atom stereocenters. The van der Waals surface area contributed by atoms with Crippen molar-refractivity contribution < 1.29 is 23.8 Å². The third kappa shape index (κ3) is 5.20. The van der Waals surface area contributed by atoms with Crippen molar-refractivity contribution in [1.29, 1.82) is 0 Å². The summed E-state index contributed by atoms with van der Waals surface area (Å²) in [4.78, 5) is 44.2. The lowest BCUT2D eigenvalue weighted by Gasteiger charge is -2.23. The number of carbonyl (C=O) groups is 2. The number of aryl methyl sites for hydroxylation is 1. The van der Waals surface area contributed by atoms with Crippen molar-refractivity contribution in [1.82, 2.24) is 19.9 Å². The van der Waals surface area contributed by atoms with Crippen LogP contribution < -0.4 is 9.64 Å². The molecule has 1 aliphatic heterocycles. The summed E-state index contributed by atoms with van der Waals surface area (Å²) in [6.07, 6.45) is 2.34. The fourth-order valence-electron chi connectivity index (χ4n) is 4.09. The van der Waals surface area contributed by atoms with Crippen molar-refractivity contribution in [2.75, 3.05) is 51.9 Å². The standard InChI is InChI=1S/C24H29N5O5S/c1-5-34-24(31)16-7-8-18(25-13-16)28-9-6-10-29(12-11-28)23(30)20-15(2)19-21(33-4)26-17(14-32-3)27-22(19)35-20/h7-8,13H,5-6,9-12,14H2,1-4H3. The van der Waals surface area contributed by atoms with Gasteiger partial charge in [0.15, 0.2) is 5.82 Å². The average molecular weight is 500 g/mol. The van der Waals surface area contributed by atoms with Crippen molar-refractivity contribution in [3.63, 3.8) is 0 Å². The van der Waals surface area contributed by atoms with Crippen LogP contribution in [0.5, 0.6) is 5.88 Å². The van der Waals surface area contributed by atoms with E-state index in [0.717, 1.165) is 29.7 Å². The molecule has 0 radical (unpaired) electrons. The molecule has 35 heavy (non-hydrogen) atoms. The highest BCUT2D eigenvalue weighted by Gasteiger charge is 2.26. The van der Waals surface area contributed by atoms with Crippen molar-refractivity contribution in [2.24, 2.45) is 0 Å². The van der Waals surface area contributed by atoms with Gasteiger partial charge in [0.25, 0.3) is 5.91 Å². The summed E-state index contributed by atoms with van der Waals surface area (Å²) in [5.74, 6) is 1.34. The number of rotatable bonds is 7. The predicted molar refractivity (Wildman–Crippen MR) is 132 cm³/mol. The van der Waals surface area contributed by atoms with E-state index in [0.29, 0.717) is 53.2 Å². The highest BCUT2D eigenvalue weighted by molar-refractivity contribution is 7.20. The number of esters is 1. The summed E-state index contributed by atoms with van der Waals surface area (Å²) in [5, 5.41) is 0.767. The third-order valence-electron chi connectivity index (χ3n) is 5.83. The minimum atomic E-state index is -0.381. The smallest absolute Gasteiger partial charge is 0.339 e. The lowest BCUT2D eigenvalue weighted by Crippen LogP contribution is -2.35. The summed E-state index contributed by atoms with van der Waals surface area (Å²) < 4.78 is 15.7. The number of amides is 1. The molecule has 1 fully saturated rings. The van der Waals surface area contributed by atoms with Crippen LogP contribution >= 0.6 is 11.3 Å². The van der Waals surface area contributed by atoms with Gasteiger partial charge in [-0.15, -0.1) is 11.3 Å². The zero-order valence-corrected chi connectivity index (χ0v) is 21.2. The maximum atomic E-state index is 13.5. The lowest BCUT2D eigenvalue weighted by molar-refractivity contribution is 0.0525. The maximum Gasteiger partial charge on any atom is 0.339 e. The molecule has 0 aliphatic carbocycles. The average Bonchev–Trinajstić information content (AvgIpc) is 3.04. The molecule has 186 valence electrons. The van der Waals surface area contributed by atoms with Gasteiger partial charge in [-0.25, -0.2) is 14.8 Å². The summed E-state index contributed by atoms with van der Waals surface area (Å²) in [6.45, 7) is 6.88. The van der Waals surface area contributed by atoms with Gasteiger partial charge in [-0.3, -0.25) is 4.79 Å². The molecule has 0 N–H and O–H groups in total. The number of thiophene rings is 1. The summed E-state index contributed by atoms with van der Waals surface area (Å²) >= 11 is 1.36. The van der Waals surface area contributed by atoms with Gasteiger partial charge >= 0.3 is 5.97 Å². The van der Waals surface area contributed by atoms with E-state index in [1.807, 2.05) is 17.9 Å². The zero-order valence-electron chi connectivity index (χ0n) is 20.4. The zero-order chi connectivity index (χ0) is 24.9. The molecule has 10 nitrogen and oxygen atoms in total. The van der Waals surface area contributed by atoms with E-state index in [1.165, 1.54) is 17.5 Å². The van der Waals surface area contributed by atoms with Crippen LogP contribution in [0, 0.1) is 6.92 Å². The fraction of sp³-hybridized carbons (Fsp3) is 0.458. The molecule has 3 aromatic rings. The lowest BCUT2D eigenvalue weighted by atomic mass is 10.2. The van der Waals surface area contributed by atoms with Gasteiger partial charge in [0.2, 0.25) is 5.88 Å². The van der Waals surface area contributed by atoms with Gasteiger partial charge < -0.3 is 24.0 Å². The molecule has 4 heterocycles. The predicted octanol–water partition coefficient (Wildman–Crippen LogP) is 3.08. The first kappa shape index (κ1) is 24.8. The first-order valence-corrected chi connectivity index (χ1v) is 12.3. The molecule has 3 aromatic heterocycles. The number of hydrogen-bond acceptors (Lipinski definition) is 10. The van der Waals surface area contributed by atoms with E-state index in [2.05, 4.69) is 19.9 Å². The minimum Gasteiger partial charge on any atom is -0.480 e. The number of ether oxygens (including phenoxy) is 3. The van der Waals surface area contributed by atoms with E-state index >= 15 is 0 Å². The SMILES string of the molecule is CCOC(=O)c1ccc(N2CCCN(C(=O)c3sc4nc(COC)nc(OC)c4c3C)CC2)nc1. The third-order valence-corrected chi connectivity index (χ3v) is 7.00. The molecule has 1 aliphatic rings. The van der Waals surface area contributed by atoms with Crippen LogP contribution in [0.1, 0.15) is 44.8 Å². The molecule has 0 saturated carbocycles. The van der Waals surface area contributed by atoms with Gasteiger partial charge in [0.05, 0.1) is 29.5 Å². The monoisotopic (exact) mass is 499 g/mol. The molecular formula is C24H29N5O5S. The van der Waals surface area contributed by atoms with Crippen LogP contribution in [0.2, 0.25) is 0 Å². The highest BCUT2D eigenvalue weighted by atomic mass is 32.1. The van der Waals surface area contributed by atoms with Crippen LogP contribution in [-0.4, -0.2) is 78.7 Å². The number of anilines is 1. The van der Waals surface area contributed by atoms with E-state index in [-0.39, 0.29) is 18.5 Å². The number of pyridine rings is 1. The second-order valence-corrected chi connectivity index (χ2v) is 9.08. The highest BCUT2D eigenvalue weighted by Crippen LogP contribution is 2.36. The maximum absolute atomic E-state index is 13.5. The molecule has 0 unspecified atom stereocenters. The Balaban J connectivity index is 1.50. The van der Waals surface area contributed by atoms with Gasteiger partial charge in [-0.2, -0.15) is 4.98 Å². The first-order valence-electron chi connectivity index (χ1n) is 11.5. The van der Waals surface area contributed by atoms with Crippen molar-refractivity contribution in [2.45, 2.75) is 26.9 Å². The van der Waals surface area contributed by atoms with Crippen LogP contribution in [0.4, 0.5) is 5.82 Å². The number of fused-ring (bicyclic) bond motifs is 1. The number of carbonyl (C=O) groups excluding carboxylic acids is 2. The van der Waals surface area contributed by atoms with Crippen molar-refractivity contribution in [3.05, 3.63) is 40.2 Å². The summed E-state index contributed by atoms with van der Waals surface area (Å²) in [7, 11) is 3.15. The van der Waals surface area contributed by atoms with Gasteiger partial charge in [-0.05, 0) is 38.0 Å². The minimum absolute atomic E-state index is 0.0201. The molecule has 0 spiro atoms. The largest absolute Gasteiger partial charge is 0.480 e. The van der Waals surface area contributed by atoms with E-state index < -0.39 is 0 Å². The second-order valence-electron chi connectivity index (χ2n) is 8.08. The fourth-order valence-corrected chi connectivity index (χ4v) is 5.25. The number of methoxy groups -OCH3 is 2. The molecule has 0 aromatic carbocycles. The van der Waals surface area contributed by atoms with Gasteiger partial charge in [-0.1, -0.05) is 0 Å². The van der Waals surface area contributed by atoms with Crippen LogP contribution in [0.3, 0.4) is 0 Å². The molecule has 1 amide bonds. The molecule has 4 rings (SSSR count). The number of nitrogens with zero attached hydrogens (tertiary/aromatic N) is 5. The Morgan fingerprint density at radius 2 is 1.94 bits per heavy atom. The Hall–Kier alpha value is -3.31. The molecule has 0 bridgehead atoms. The molecular weight excluding hydrogens is 470 g/mol. The normalized spacial score (nSPS) is 14.2. The van der Waals surface area contributed by atoms with Crippen LogP contribution in [-0.2, 0) is 16.1 Å². The first-order chi connectivity index (χ1) is 17.0. The van der Waals surface area contributed by atoms with Gasteiger partial charge in [0, 0.05) is 39.5 Å². The van der Waals surface area contributed by atoms with Crippen LogP contribution in [0.15, 0.2) is 18.3 Å². The Kier molecular flexibility index (Phi) is 7.76. The van der Waals surface area contributed by atoms with Crippen LogP contribution in [0.25, 0.3) is 10.2 Å². The second kappa shape index (κ2) is 11.0. The summed E-state index contributed by atoms with van der Waals surface area (Å²) in [5.41, 5.74) is 1.25. The summed E-state index contributed by atoms with van der Waals surface area (Å²) in [6, 6.07) is 3.55. The number of aromatic nitrogens is 3. The quantitative estimate of drug-likeness (QED) is 0.453. The Labute approximate surface area is 207 Å². The Bertz CT molecular complexity index is 1210. The van der Waals surface area contributed by atoms with E-state index in [9.17, 15) is 9.59 Å². The Morgan fingerprint density at radius 3 is 2.63 bits per heavy atom. The molecule has 1 saturated heterocycles. The van der Waals surface area contributed by atoms with E-state index in [1.54, 1.807) is 27.2 Å². The molecule has 11 heteroatoms. The Morgan fingerprint density at radius 1 is 1.11 bits per heavy atom. The van der Waals surface area contributed by atoms with E-state index in [4.69, 9.17) is 14.2 Å². The van der Waals surface area contributed by atoms with Crippen molar-refractivity contribution >= 4 is 39.2 Å². The topological polar surface area (TPSA) is 107 Å². The van der Waals surface area contributed by atoms with Gasteiger partial charge in [0.1, 0.15) is 17.3 Å².